The number of aromatic nitrogens is 5. The molecule has 0 bridgehead atoms. The van der Waals surface area contributed by atoms with Crippen molar-refractivity contribution in [3.05, 3.63) is 54.1 Å². The molecule has 122 valence electrons. The first-order valence-corrected chi connectivity index (χ1v) is 7.72. The fraction of sp³-hybridized carbons (Fsp3) is 0.250. The SMILES string of the molecule is Cn1cc(-n2cnc(C(=O)Nc3cnc4c(c3)CNCC4)c2)cn1. The van der Waals surface area contributed by atoms with Crippen molar-refractivity contribution >= 4 is 11.6 Å². The third-order valence-corrected chi connectivity index (χ3v) is 3.98. The van der Waals surface area contributed by atoms with Crippen LogP contribution in [0.1, 0.15) is 21.7 Å². The molecule has 4 heterocycles. The van der Waals surface area contributed by atoms with Gasteiger partial charge in [0, 0.05) is 44.6 Å². The van der Waals surface area contributed by atoms with Crippen LogP contribution in [0.4, 0.5) is 5.69 Å². The molecule has 0 spiro atoms. The number of nitrogens with one attached hydrogen (secondary N) is 2. The molecule has 0 unspecified atom stereocenters. The maximum atomic E-state index is 12.4. The molecule has 1 aliphatic heterocycles. The second kappa shape index (κ2) is 5.89. The molecule has 24 heavy (non-hydrogen) atoms. The third kappa shape index (κ3) is 2.79. The topological polar surface area (TPSA) is 89.7 Å². The van der Waals surface area contributed by atoms with Gasteiger partial charge >= 0.3 is 0 Å². The highest BCUT2D eigenvalue weighted by atomic mass is 16.1. The van der Waals surface area contributed by atoms with Gasteiger partial charge in [0.25, 0.3) is 5.91 Å². The summed E-state index contributed by atoms with van der Waals surface area (Å²) < 4.78 is 3.46. The fourth-order valence-electron chi connectivity index (χ4n) is 2.73. The van der Waals surface area contributed by atoms with Crippen LogP contribution in [0.5, 0.6) is 0 Å². The van der Waals surface area contributed by atoms with Gasteiger partial charge in [-0.1, -0.05) is 0 Å². The maximum Gasteiger partial charge on any atom is 0.275 e. The molecule has 8 heteroatoms. The van der Waals surface area contributed by atoms with E-state index in [-0.39, 0.29) is 5.91 Å². The van der Waals surface area contributed by atoms with Crippen LogP contribution in [0.25, 0.3) is 5.69 Å². The van der Waals surface area contributed by atoms with Crippen LogP contribution >= 0.6 is 0 Å². The smallest absolute Gasteiger partial charge is 0.275 e. The highest BCUT2D eigenvalue weighted by Crippen LogP contribution is 2.17. The summed E-state index contributed by atoms with van der Waals surface area (Å²) in [6.07, 6.45) is 9.45. The van der Waals surface area contributed by atoms with Gasteiger partial charge in [0.1, 0.15) is 12.0 Å². The van der Waals surface area contributed by atoms with Crippen molar-refractivity contribution in [2.75, 3.05) is 11.9 Å². The Morgan fingerprint density at radius 2 is 2.21 bits per heavy atom. The quantitative estimate of drug-likeness (QED) is 0.747. The van der Waals surface area contributed by atoms with Gasteiger partial charge < -0.3 is 15.2 Å². The summed E-state index contributed by atoms with van der Waals surface area (Å²) in [5, 5.41) is 10.3. The summed E-state index contributed by atoms with van der Waals surface area (Å²) in [7, 11) is 1.84. The third-order valence-electron chi connectivity index (χ3n) is 3.98. The molecule has 3 aromatic heterocycles. The number of hydrogen-bond acceptors (Lipinski definition) is 5. The first kappa shape index (κ1) is 14.6. The molecular formula is C16H17N7O. The Bertz CT molecular complexity index is 895. The van der Waals surface area contributed by atoms with E-state index in [9.17, 15) is 4.79 Å². The lowest BCUT2D eigenvalue weighted by molar-refractivity contribution is 0.102. The van der Waals surface area contributed by atoms with Crippen molar-refractivity contribution in [3.63, 3.8) is 0 Å². The highest BCUT2D eigenvalue weighted by Gasteiger charge is 2.14. The van der Waals surface area contributed by atoms with Crippen LogP contribution in [0.3, 0.4) is 0 Å². The van der Waals surface area contributed by atoms with E-state index in [1.165, 1.54) is 0 Å². The summed E-state index contributed by atoms with van der Waals surface area (Å²) in [6, 6.07) is 1.96. The molecule has 1 aliphatic rings. The number of amides is 1. The molecule has 8 nitrogen and oxygen atoms in total. The van der Waals surface area contributed by atoms with E-state index in [1.54, 1.807) is 34.2 Å². The summed E-state index contributed by atoms with van der Waals surface area (Å²) in [6.45, 7) is 1.72. The lowest BCUT2D eigenvalue weighted by atomic mass is 10.1. The van der Waals surface area contributed by atoms with Crippen LogP contribution in [-0.2, 0) is 20.0 Å². The van der Waals surface area contributed by atoms with Gasteiger partial charge in [-0.2, -0.15) is 5.10 Å². The van der Waals surface area contributed by atoms with E-state index >= 15 is 0 Å². The standard InChI is InChI=1S/C16H17N7O/c1-22-8-13(7-20-22)23-9-15(19-10-23)16(24)21-12-4-11-5-17-3-2-14(11)18-6-12/h4,6-10,17H,2-3,5H2,1H3,(H,21,24). The van der Waals surface area contributed by atoms with Crippen molar-refractivity contribution in [3.8, 4) is 5.69 Å². The highest BCUT2D eigenvalue weighted by molar-refractivity contribution is 6.02. The van der Waals surface area contributed by atoms with Crippen molar-refractivity contribution in [2.45, 2.75) is 13.0 Å². The van der Waals surface area contributed by atoms with E-state index < -0.39 is 0 Å². The minimum atomic E-state index is -0.261. The van der Waals surface area contributed by atoms with Crippen LogP contribution in [0, 0.1) is 0 Å². The second-order valence-electron chi connectivity index (χ2n) is 5.75. The van der Waals surface area contributed by atoms with Crippen LogP contribution in [-0.4, -0.2) is 36.8 Å². The number of aryl methyl sites for hydroxylation is 1. The van der Waals surface area contributed by atoms with Crippen molar-refractivity contribution in [1.82, 2.24) is 29.6 Å². The average molecular weight is 323 g/mol. The van der Waals surface area contributed by atoms with Gasteiger partial charge in [-0.25, -0.2) is 4.98 Å². The number of carbonyl (C=O) groups is 1. The number of carbonyl (C=O) groups excluding carboxylic acids is 1. The fourth-order valence-corrected chi connectivity index (χ4v) is 2.73. The molecular weight excluding hydrogens is 306 g/mol. The molecule has 2 N–H and O–H groups in total. The van der Waals surface area contributed by atoms with Gasteiger partial charge in [-0.3, -0.25) is 14.5 Å². The molecule has 0 aromatic carbocycles. The lowest BCUT2D eigenvalue weighted by Gasteiger charge is -2.16. The largest absolute Gasteiger partial charge is 0.319 e. The van der Waals surface area contributed by atoms with Crippen molar-refractivity contribution in [2.24, 2.45) is 7.05 Å². The maximum absolute atomic E-state index is 12.4. The molecule has 0 saturated carbocycles. The molecule has 0 saturated heterocycles. The first-order chi connectivity index (χ1) is 11.7. The normalized spacial score (nSPS) is 13.5. The number of fused-ring (bicyclic) bond motifs is 1. The summed E-state index contributed by atoms with van der Waals surface area (Å²) in [5.41, 5.74) is 4.09. The van der Waals surface area contributed by atoms with Crippen LogP contribution < -0.4 is 10.6 Å². The van der Waals surface area contributed by atoms with Gasteiger partial charge in [0.2, 0.25) is 0 Å². The number of nitrogens with zero attached hydrogens (tertiary/aromatic N) is 5. The predicted octanol–water partition coefficient (Wildman–Crippen LogP) is 0.899. The Morgan fingerprint density at radius 3 is 3.04 bits per heavy atom. The molecule has 4 rings (SSSR count). The minimum Gasteiger partial charge on any atom is -0.319 e. The van der Waals surface area contributed by atoms with E-state index in [4.69, 9.17) is 0 Å². The summed E-state index contributed by atoms with van der Waals surface area (Å²) in [4.78, 5) is 21.0. The van der Waals surface area contributed by atoms with Crippen molar-refractivity contribution in [1.29, 1.82) is 0 Å². The van der Waals surface area contributed by atoms with E-state index in [1.807, 2.05) is 19.3 Å². The lowest BCUT2D eigenvalue weighted by Crippen LogP contribution is -2.25. The molecule has 0 fully saturated rings. The summed E-state index contributed by atoms with van der Waals surface area (Å²) >= 11 is 0. The molecule has 1 amide bonds. The predicted molar refractivity (Wildman–Crippen MR) is 87.9 cm³/mol. The number of rotatable bonds is 3. The van der Waals surface area contributed by atoms with E-state index in [2.05, 4.69) is 25.7 Å². The average Bonchev–Trinajstić information content (AvgIpc) is 3.23. The van der Waals surface area contributed by atoms with Gasteiger partial charge in [-0.05, 0) is 11.6 Å². The zero-order valence-electron chi connectivity index (χ0n) is 13.2. The van der Waals surface area contributed by atoms with Crippen LogP contribution in [0.2, 0.25) is 0 Å². The first-order valence-electron chi connectivity index (χ1n) is 7.72. The van der Waals surface area contributed by atoms with E-state index in [0.29, 0.717) is 11.4 Å². The van der Waals surface area contributed by atoms with E-state index in [0.717, 1.165) is 36.5 Å². The number of hydrogen-bond donors (Lipinski definition) is 2. The molecule has 0 atom stereocenters. The second-order valence-corrected chi connectivity index (χ2v) is 5.75. The number of anilines is 1. The minimum absolute atomic E-state index is 0.261. The zero-order valence-corrected chi connectivity index (χ0v) is 13.2. The Balaban J connectivity index is 1.51. The zero-order chi connectivity index (χ0) is 16.5. The summed E-state index contributed by atoms with van der Waals surface area (Å²) in [5.74, 6) is -0.261. The van der Waals surface area contributed by atoms with Crippen LogP contribution in [0.15, 0.2) is 37.2 Å². The Morgan fingerprint density at radius 1 is 1.29 bits per heavy atom. The monoisotopic (exact) mass is 323 g/mol. The van der Waals surface area contributed by atoms with Gasteiger partial charge in [0.05, 0.1) is 23.8 Å². The molecule has 0 radical (unpaired) electrons. The Hall–Kier alpha value is -3.00. The number of imidazole rings is 1. The Labute approximate surface area is 138 Å². The molecule has 0 aliphatic carbocycles. The van der Waals surface area contributed by atoms with Gasteiger partial charge in [0.15, 0.2) is 0 Å². The Kier molecular flexibility index (Phi) is 3.58. The van der Waals surface area contributed by atoms with Crippen molar-refractivity contribution < 1.29 is 4.79 Å². The molecule has 3 aromatic rings. The van der Waals surface area contributed by atoms with Gasteiger partial charge in [-0.15, -0.1) is 0 Å². The number of pyridine rings is 1.